The molecular weight excluding hydrogens is 452 g/mol. The minimum Gasteiger partial charge on any atom is -0.485 e. The van der Waals surface area contributed by atoms with E-state index in [0.29, 0.717) is 17.5 Å². The number of aryl methyl sites for hydroxylation is 2. The SMILES string of the molecule is Cc1cccc(C)c1OCc1nnc(SCC(=O)N(C)Cc2cccs2)n1-c1ccccc1. The monoisotopic (exact) mass is 478 g/mol. The van der Waals surface area contributed by atoms with Gasteiger partial charge in [0.2, 0.25) is 5.91 Å². The van der Waals surface area contributed by atoms with Gasteiger partial charge in [-0.25, -0.2) is 0 Å². The Labute approximate surface area is 202 Å². The van der Waals surface area contributed by atoms with Crippen LogP contribution in [-0.4, -0.2) is 38.4 Å². The molecule has 0 radical (unpaired) electrons. The summed E-state index contributed by atoms with van der Waals surface area (Å²) >= 11 is 3.04. The maximum Gasteiger partial charge on any atom is 0.233 e. The first kappa shape index (κ1) is 23.1. The van der Waals surface area contributed by atoms with Crippen LogP contribution in [0.5, 0.6) is 5.75 Å². The zero-order valence-corrected chi connectivity index (χ0v) is 20.5. The number of hydrogen-bond acceptors (Lipinski definition) is 6. The van der Waals surface area contributed by atoms with Gasteiger partial charge in [-0.1, -0.05) is 54.2 Å². The normalized spacial score (nSPS) is 10.9. The van der Waals surface area contributed by atoms with Gasteiger partial charge in [0.25, 0.3) is 0 Å². The molecule has 2 heterocycles. The Kier molecular flexibility index (Phi) is 7.47. The standard InChI is InChI=1S/C25H26N4O2S2/c1-18-9-7-10-19(2)24(18)31-16-22-26-27-25(29(22)20-11-5-4-6-12-20)33-17-23(30)28(3)15-21-13-8-14-32-21/h4-14H,15-17H2,1-3H3. The molecule has 0 saturated heterocycles. The lowest BCUT2D eigenvalue weighted by Gasteiger charge is -2.16. The van der Waals surface area contributed by atoms with Crippen molar-refractivity contribution in [3.05, 3.63) is 87.9 Å². The quantitative estimate of drug-likeness (QED) is 0.307. The van der Waals surface area contributed by atoms with Crippen molar-refractivity contribution in [2.75, 3.05) is 12.8 Å². The van der Waals surface area contributed by atoms with Crippen LogP contribution in [-0.2, 0) is 17.9 Å². The highest BCUT2D eigenvalue weighted by Gasteiger charge is 2.18. The van der Waals surface area contributed by atoms with Crippen LogP contribution >= 0.6 is 23.1 Å². The molecule has 2 aromatic heterocycles. The lowest BCUT2D eigenvalue weighted by molar-refractivity contribution is -0.127. The molecule has 1 amide bonds. The summed E-state index contributed by atoms with van der Waals surface area (Å²) in [7, 11) is 1.83. The van der Waals surface area contributed by atoms with Crippen molar-refractivity contribution in [3.8, 4) is 11.4 Å². The number of thiophene rings is 1. The van der Waals surface area contributed by atoms with E-state index in [1.165, 1.54) is 11.8 Å². The fourth-order valence-corrected chi connectivity index (χ4v) is 5.12. The molecule has 0 N–H and O–H groups in total. The predicted octanol–water partition coefficient (Wildman–Crippen LogP) is 5.28. The van der Waals surface area contributed by atoms with Gasteiger partial charge >= 0.3 is 0 Å². The molecule has 0 fully saturated rings. The molecule has 8 heteroatoms. The first-order valence-electron chi connectivity index (χ1n) is 10.6. The summed E-state index contributed by atoms with van der Waals surface area (Å²) in [5.74, 6) is 1.87. The van der Waals surface area contributed by atoms with Gasteiger partial charge in [-0.2, -0.15) is 0 Å². The lowest BCUT2D eigenvalue weighted by atomic mass is 10.1. The molecule has 2 aromatic carbocycles. The lowest BCUT2D eigenvalue weighted by Crippen LogP contribution is -2.27. The molecular formula is C25H26N4O2S2. The summed E-state index contributed by atoms with van der Waals surface area (Å²) in [4.78, 5) is 15.6. The molecule has 0 aliphatic rings. The van der Waals surface area contributed by atoms with E-state index in [1.54, 1.807) is 16.2 Å². The molecule has 4 rings (SSSR count). The number of benzene rings is 2. The summed E-state index contributed by atoms with van der Waals surface area (Å²) in [5.41, 5.74) is 3.09. The van der Waals surface area contributed by atoms with E-state index in [2.05, 4.69) is 10.2 Å². The van der Waals surface area contributed by atoms with E-state index in [1.807, 2.05) is 91.5 Å². The van der Waals surface area contributed by atoms with E-state index in [-0.39, 0.29) is 18.3 Å². The molecule has 33 heavy (non-hydrogen) atoms. The van der Waals surface area contributed by atoms with Crippen molar-refractivity contribution >= 4 is 29.0 Å². The van der Waals surface area contributed by atoms with Gasteiger partial charge in [0.1, 0.15) is 12.4 Å². The van der Waals surface area contributed by atoms with Gasteiger partial charge in [-0.3, -0.25) is 9.36 Å². The maximum absolute atomic E-state index is 12.7. The number of amides is 1. The highest BCUT2D eigenvalue weighted by Crippen LogP contribution is 2.26. The molecule has 170 valence electrons. The molecule has 0 aliphatic carbocycles. The van der Waals surface area contributed by atoms with Gasteiger partial charge in [0.15, 0.2) is 11.0 Å². The number of aromatic nitrogens is 3. The number of rotatable bonds is 9. The first-order valence-corrected chi connectivity index (χ1v) is 12.5. The van der Waals surface area contributed by atoms with Crippen LogP contribution in [0.4, 0.5) is 0 Å². The van der Waals surface area contributed by atoms with E-state index < -0.39 is 0 Å². The summed E-state index contributed by atoms with van der Waals surface area (Å²) in [6.07, 6.45) is 0. The highest BCUT2D eigenvalue weighted by molar-refractivity contribution is 7.99. The summed E-state index contributed by atoms with van der Waals surface area (Å²) in [6, 6.07) is 20.0. The average molecular weight is 479 g/mol. The predicted molar refractivity (Wildman–Crippen MR) is 133 cm³/mol. The molecule has 6 nitrogen and oxygen atoms in total. The smallest absolute Gasteiger partial charge is 0.233 e. The third kappa shape index (κ3) is 5.64. The zero-order valence-electron chi connectivity index (χ0n) is 18.9. The zero-order chi connectivity index (χ0) is 23.2. The number of para-hydroxylation sites is 2. The Morgan fingerprint density at radius 3 is 2.48 bits per heavy atom. The number of ether oxygens (including phenoxy) is 1. The second-order valence-corrected chi connectivity index (χ2v) is 9.67. The number of hydrogen-bond donors (Lipinski definition) is 0. The van der Waals surface area contributed by atoms with Gasteiger partial charge in [0.05, 0.1) is 12.3 Å². The van der Waals surface area contributed by atoms with Gasteiger partial charge < -0.3 is 9.64 Å². The first-order chi connectivity index (χ1) is 16.0. The average Bonchev–Trinajstić information content (AvgIpc) is 3.47. The fourth-order valence-electron chi connectivity index (χ4n) is 3.45. The molecule has 0 saturated carbocycles. The van der Waals surface area contributed by atoms with Crippen LogP contribution in [0.2, 0.25) is 0 Å². The Hall–Kier alpha value is -3.10. The fraction of sp³-hybridized carbons (Fsp3) is 0.240. The Balaban J connectivity index is 1.51. The van der Waals surface area contributed by atoms with Crippen LogP contribution in [0.25, 0.3) is 5.69 Å². The van der Waals surface area contributed by atoms with Crippen molar-refractivity contribution in [2.24, 2.45) is 0 Å². The minimum atomic E-state index is 0.0457. The second-order valence-electron chi connectivity index (χ2n) is 7.70. The summed E-state index contributed by atoms with van der Waals surface area (Å²) in [6.45, 7) is 4.95. The molecule has 0 atom stereocenters. The Morgan fingerprint density at radius 1 is 1.03 bits per heavy atom. The summed E-state index contributed by atoms with van der Waals surface area (Å²) < 4.78 is 8.11. The molecule has 0 bridgehead atoms. The number of carbonyl (C=O) groups excluding carboxylic acids is 1. The van der Waals surface area contributed by atoms with E-state index >= 15 is 0 Å². The third-order valence-corrected chi connectivity index (χ3v) is 6.97. The maximum atomic E-state index is 12.7. The Morgan fingerprint density at radius 2 is 1.79 bits per heavy atom. The second kappa shape index (κ2) is 10.7. The van der Waals surface area contributed by atoms with E-state index in [9.17, 15) is 4.79 Å². The van der Waals surface area contributed by atoms with Crippen molar-refractivity contribution in [2.45, 2.75) is 32.2 Å². The largest absolute Gasteiger partial charge is 0.485 e. The van der Waals surface area contributed by atoms with Crippen LogP contribution in [0.1, 0.15) is 21.8 Å². The molecule has 0 aliphatic heterocycles. The molecule has 0 unspecified atom stereocenters. The van der Waals surface area contributed by atoms with Crippen molar-refractivity contribution in [1.82, 2.24) is 19.7 Å². The van der Waals surface area contributed by atoms with Crippen molar-refractivity contribution in [3.63, 3.8) is 0 Å². The minimum absolute atomic E-state index is 0.0457. The van der Waals surface area contributed by atoms with Crippen molar-refractivity contribution < 1.29 is 9.53 Å². The van der Waals surface area contributed by atoms with Gasteiger partial charge in [-0.05, 0) is 48.6 Å². The van der Waals surface area contributed by atoms with Crippen molar-refractivity contribution in [1.29, 1.82) is 0 Å². The molecule has 4 aromatic rings. The van der Waals surface area contributed by atoms with E-state index in [4.69, 9.17) is 4.74 Å². The number of nitrogens with zero attached hydrogens (tertiary/aromatic N) is 4. The van der Waals surface area contributed by atoms with Crippen LogP contribution in [0, 0.1) is 13.8 Å². The number of thioether (sulfide) groups is 1. The third-order valence-electron chi connectivity index (χ3n) is 5.19. The van der Waals surface area contributed by atoms with Gasteiger partial charge in [-0.15, -0.1) is 21.5 Å². The van der Waals surface area contributed by atoms with E-state index in [0.717, 1.165) is 27.4 Å². The summed E-state index contributed by atoms with van der Waals surface area (Å²) in [5, 5.41) is 11.5. The van der Waals surface area contributed by atoms with Crippen LogP contribution < -0.4 is 4.74 Å². The van der Waals surface area contributed by atoms with Crippen LogP contribution in [0.3, 0.4) is 0 Å². The highest BCUT2D eigenvalue weighted by atomic mass is 32.2. The van der Waals surface area contributed by atoms with Crippen LogP contribution in [0.15, 0.2) is 71.2 Å². The van der Waals surface area contributed by atoms with Gasteiger partial charge in [0, 0.05) is 17.6 Å². The Bertz CT molecular complexity index is 1190. The molecule has 0 spiro atoms. The number of carbonyl (C=O) groups is 1. The topological polar surface area (TPSA) is 60.3 Å².